The molecule has 2 aliphatic heterocycles. The van der Waals surface area contributed by atoms with Gasteiger partial charge in [0.05, 0.1) is 11.9 Å². The SMILES string of the molecule is CN1C2CCC1CN(c1cncc(Br)c1)CC2.O=C(O)/C=C/C(=O)O. The van der Waals surface area contributed by atoms with Gasteiger partial charge in [0.15, 0.2) is 0 Å². The van der Waals surface area contributed by atoms with E-state index in [0.717, 1.165) is 29.6 Å². The number of anilines is 1. The van der Waals surface area contributed by atoms with Crippen LogP contribution in [0, 0.1) is 0 Å². The number of likely N-dealkylation sites (N-methyl/N-ethyl adjacent to an activating group) is 1. The molecule has 136 valence electrons. The number of rotatable bonds is 3. The summed E-state index contributed by atoms with van der Waals surface area (Å²) in [4.78, 5) is 28.4. The van der Waals surface area contributed by atoms with Crippen molar-refractivity contribution >= 4 is 33.6 Å². The number of carboxylic acid groups (broad SMARTS) is 2. The van der Waals surface area contributed by atoms with Crippen LogP contribution < -0.4 is 4.90 Å². The number of carbonyl (C=O) groups is 2. The van der Waals surface area contributed by atoms with E-state index >= 15 is 0 Å². The van der Waals surface area contributed by atoms with Crippen LogP contribution in [0.1, 0.15) is 19.3 Å². The zero-order valence-electron chi connectivity index (χ0n) is 14.0. The second-order valence-electron chi connectivity index (χ2n) is 6.16. The van der Waals surface area contributed by atoms with Crippen molar-refractivity contribution in [1.29, 1.82) is 0 Å². The number of fused-ring (bicyclic) bond motifs is 2. The fourth-order valence-electron chi connectivity index (χ4n) is 3.26. The van der Waals surface area contributed by atoms with Crippen LogP contribution >= 0.6 is 15.9 Å². The number of nitrogens with zero attached hydrogens (tertiary/aromatic N) is 3. The molecule has 2 N–H and O–H groups in total. The van der Waals surface area contributed by atoms with Crippen molar-refractivity contribution in [2.24, 2.45) is 0 Å². The first kappa shape index (κ1) is 19.4. The number of hydrogen-bond acceptors (Lipinski definition) is 5. The molecule has 0 aliphatic carbocycles. The van der Waals surface area contributed by atoms with Crippen molar-refractivity contribution in [3.63, 3.8) is 0 Å². The Kier molecular flexibility index (Phi) is 6.95. The molecular formula is C17H22BrN3O4. The lowest BCUT2D eigenvalue weighted by Crippen LogP contribution is -2.36. The standard InChI is InChI=1S/C13H18BrN3.C4H4O4/c1-16-11-2-3-12(16)9-17(5-4-11)13-6-10(14)7-15-8-13;5-3(6)1-2-4(7)8/h6-8,11-12H,2-5,9H2,1H3;1-2H,(H,5,6)(H,7,8)/b;2-1+. The Balaban J connectivity index is 0.000000242. The van der Waals surface area contributed by atoms with Crippen molar-refractivity contribution in [2.45, 2.75) is 31.3 Å². The Labute approximate surface area is 155 Å². The smallest absolute Gasteiger partial charge is 0.328 e. The molecule has 2 aliphatic rings. The van der Waals surface area contributed by atoms with E-state index in [-0.39, 0.29) is 0 Å². The van der Waals surface area contributed by atoms with Crippen molar-refractivity contribution < 1.29 is 19.8 Å². The Bertz CT molecular complexity index is 637. The third-order valence-electron chi connectivity index (χ3n) is 4.57. The number of hydrogen-bond donors (Lipinski definition) is 2. The quantitative estimate of drug-likeness (QED) is 0.736. The summed E-state index contributed by atoms with van der Waals surface area (Å²) >= 11 is 3.50. The predicted molar refractivity (Wildman–Crippen MR) is 97.8 cm³/mol. The van der Waals surface area contributed by atoms with Gasteiger partial charge < -0.3 is 15.1 Å². The lowest BCUT2D eigenvalue weighted by molar-refractivity contribution is -0.134. The van der Waals surface area contributed by atoms with E-state index < -0.39 is 11.9 Å². The molecule has 0 amide bonds. The van der Waals surface area contributed by atoms with Gasteiger partial charge in [0.1, 0.15) is 0 Å². The van der Waals surface area contributed by atoms with Gasteiger partial charge in [-0.3, -0.25) is 9.88 Å². The van der Waals surface area contributed by atoms with Crippen LogP contribution in [0.2, 0.25) is 0 Å². The molecule has 2 bridgehead atoms. The molecule has 0 spiro atoms. The van der Waals surface area contributed by atoms with Gasteiger partial charge in [0.2, 0.25) is 0 Å². The molecule has 0 radical (unpaired) electrons. The molecule has 0 saturated carbocycles. The topological polar surface area (TPSA) is 94.0 Å². The number of pyridine rings is 1. The molecule has 2 atom stereocenters. The minimum absolute atomic E-state index is 0.558. The molecule has 2 unspecified atom stereocenters. The predicted octanol–water partition coefficient (Wildman–Crippen LogP) is 2.23. The first-order chi connectivity index (χ1) is 11.9. The van der Waals surface area contributed by atoms with Crippen LogP contribution in [-0.4, -0.2) is 64.3 Å². The Morgan fingerprint density at radius 2 is 1.80 bits per heavy atom. The van der Waals surface area contributed by atoms with Gasteiger partial charge in [0.25, 0.3) is 0 Å². The summed E-state index contributed by atoms with van der Waals surface area (Å²) in [5, 5.41) is 15.6. The highest BCUT2D eigenvalue weighted by Crippen LogP contribution is 2.31. The van der Waals surface area contributed by atoms with E-state index in [1.165, 1.54) is 24.9 Å². The molecule has 3 heterocycles. The van der Waals surface area contributed by atoms with Gasteiger partial charge in [-0.25, -0.2) is 9.59 Å². The maximum Gasteiger partial charge on any atom is 0.328 e. The second kappa shape index (κ2) is 8.96. The van der Waals surface area contributed by atoms with E-state index in [4.69, 9.17) is 10.2 Å². The van der Waals surface area contributed by atoms with Crippen LogP contribution in [0.15, 0.2) is 35.1 Å². The van der Waals surface area contributed by atoms with Gasteiger partial charge in [-0.1, -0.05) is 0 Å². The average molecular weight is 412 g/mol. The largest absolute Gasteiger partial charge is 0.478 e. The summed E-state index contributed by atoms with van der Waals surface area (Å²) in [5.74, 6) is -2.51. The normalized spacial score (nSPS) is 23.0. The Morgan fingerprint density at radius 1 is 1.16 bits per heavy atom. The van der Waals surface area contributed by atoms with E-state index in [2.05, 4.69) is 43.8 Å². The maximum absolute atomic E-state index is 9.55. The lowest BCUT2D eigenvalue weighted by atomic mass is 10.1. The highest BCUT2D eigenvalue weighted by molar-refractivity contribution is 9.10. The molecule has 1 aromatic heterocycles. The minimum Gasteiger partial charge on any atom is -0.478 e. The van der Waals surface area contributed by atoms with Gasteiger partial charge in [0, 0.05) is 48.0 Å². The zero-order chi connectivity index (χ0) is 18.4. The molecule has 0 aromatic carbocycles. The highest BCUT2D eigenvalue weighted by Gasteiger charge is 2.34. The monoisotopic (exact) mass is 411 g/mol. The van der Waals surface area contributed by atoms with E-state index in [9.17, 15) is 9.59 Å². The molecule has 3 rings (SSSR count). The fourth-order valence-corrected chi connectivity index (χ4v) is 3.61. The Morgan fingerprint density at radius 3 is 2.40 bits per heavy atom. The van der Waals surface area contributed by atoms with Gasteiger partial charge in [-0.05, 0) is 48.3 Å². The summed E-state index contributed by atoms with van der Waals surface area (Å²) in [5.41, 5.74) is 1.25. The molecule has 25 heavy (non-hydrogen) atoms. The summed E-state index contributed by atoms with van der Waals surface area (Å²) in [7, 11) is 2.28. The fraction of sp³-hybridized carbons (Fsp3) is 0.471. The third kappa shape index (κ3) is 5.82. The summed E-state index contributed by atoms with van der Waals surface area (Å²) in [6.07, 6.45) is 8.94. The molecule has 2 fully saturated rings. The molecule has 8 heteroatoms. The van der Waals surface area contributed by atoms with Crippen LogP contribution in [0.5, 0.6) is 0 Å². The van der Waals surface area contributed by atoms with Crippen LogP contribution in [-0.2, 0) is 9.59 Å². The molecule has 1 aromatic rings. The van der Waals surface area contributed by atoms with Gasteiger partial charge >= 0.3 is 11.9 Å². The van der Waals surface area contributed by atoms with E-state index in [0.29, 0.717) is 12.2 Å². The van der Waals surface area contributed by atoms with Gasteiger partial charge in [-0.2, -0.15) is 0 Å². The van der Waals surface area contributed by atoms with Crippen LogP contribution in [0.4, 0.5) is 5.69 Å². The van der Waals surface area contributed by atoms with Crippen molar-refractivity contribution in [3.05, 3.63) is 35.1 Å². The van der Waals surface area contributed by atoms with Crippen molar-refractivity contribution in [2.75, 3.05) is 25.0 Å². The second-order valence-corrected chi connectivity index (χ2v) is 7.07. The lowest BCUT2D eigenvalue weighted by Gasteiger charge is -2.27. The summed E-state index contributed by atoms with van der Waals surface area (Å²) in [6.45, 7) is 2.30. The van der Waals surface area contributed by atoms with Crippen LogP contribution in [0.25, 0.3) is 0 Å². The summed E-state index contributed by atoms with van der Waals surface area (Å²) in [6, 6.07) is 3.69. The molecular weight excluding hydrogens is 390 g/mol. The summed E-state index contributed by atoms with van der Waals surface area (Å²) < 4.78 is 1.07. The number of carboxylic acids is 2. The number of halogens is 1. The Hall–Kier alpha value is -1.93. The van der Waals surface area contributed by atoms with Crippen LogP contribution in [0.3, 0.4) is 0 Å². The highest BCUT2D eigenvalue weighted by atomic mass is 79.9. The van der Waals surface area contributed by atoms with Crippen molar-refractivity contribution in [1.82, 2.24) is 9.88 Å². The third-order valence-corrected chi connectivity index (χ3v) is 5.01. The van der Waals surface area contributed by atoms with E-state index in [1.54, 1.807) is 0 Å². The average Bonchev–Trinajstić information content (AvgIpc) is 2.78. The van der Waals surface area contributed by atoms with E-state index in [1.807, 2.05) is 12.4 Å². The first-order valence-corrected chi connectivity index (χ1v) is 8.87. The first-order valence-electron chi connectivity index (χ1n) is 8.08. The molecule has 7 nitrogen and oxygen atoms in total. The number of aromatic nitrogens is 1. The van der Waals surface area contributed by atoms with Crippen molar-refractivity contribution in [3.8, 4) is 0 Å². The maximum atomic E-state index is 9.55. The zero-order valence-corrected chi connectivity index (χ0v) is 15.6. The van der Waals surface area contributed by atoms with Gasteiger partial charge in [-0.15, -0.1) is 0 Å². The molecule has 2 saturated heterocycles. The minimum atomic E-state index is -1.26. The number of aliphatic carboxylic acids is 2.